The first-order valence-corrected chi connectivity index (χ1v) is 6.55. The second-order valence-electron chi connectivity index (χ2n) is 4.79. The van der Waals surface area contributed by atoms with Crippen LogP contribution in [0.5, 0.6) is 0 Å². The fourth-order valence-corrected chi connectivity index (χ4v) is 1.96. The zero-order valence-corrected chi connectivity index (χ0v) is 11.7. The van der Waals surface area contributed by atoms with Gasteiger partial charge in [0.1, 0.15) is 24.1 Å². The molecule has 5 N–H and O–H groups in total. The molecule has 0 aliphatic carbocycles. The zero-order valence-electron chi connectivity index (χ0n) is 11.7. The van der Waals surface area contributed by atoms with Crippen molar-refractivity contribution in [3.05, 3.63) is 40.6 Å². The molecular weight excluding hydrogens is 260 g/mol. The minimum atomic E-state index is -1.65. The Balaban J connectivity index is 2.90. The van der Waals surface area contributed by atoms with Crippen molar-refractivity contribution in [1.82, 2.24) is 0 Å². The van der Waals surface area contributed by atoms with E-state index >= 15 is 0 Å². The Kier molecular flexibility index (Phi) is 6.16. The third-order valence-electron chi connectivity index (χ3n) is 3.27. The summed E-state index contributed by atoms with van der Waals surface area (Å²) in [6, 6.07) is 5.58. The van der Waals surface area contributed by atoms with Gasteiger partial charge in [0.2, 0.25) is 0 Å². The molecule has 5 nitrogen and oxygen atoms in total. The predicted octanol–water partition coefficient (Wildman–Crippen LogP) is 0.531. The highest BCUT2D eigenvalue weighted by Gasteiger charge is 2.26. The zero-order chi connectivity index (χ0) is 15.3. The van der Waals surface area contributed by atoms with Crippen molar-refractivity contribution in [3.63, 3.8) is 0 Å². The molecule has 3 unspecified atom stereocenters. The highest BCUT2D eigenvalue weighted by molar-refractivity contribution is 5.54. The fourth-order valence-electron chi connectivity index (χ4n) is 1.96. The predicted molar refractivity (Wildman–Crippen MR) is 76.3 cm³/mol. The van der Waals surface area contributed by atoms with Crippen molar-refractivity contribution in [3.8, 4) is 0 Å². The second kappa shape index (κ2) is 7.40. The molecule has 0 radical (unpaired) electrons. The van der Waals surface area contributed by atoms with Crippen LogP contribution >= 0.6 is 0 Å². The van der Waals surface area contributed by atoms with E-state index in [9.17, 15) is 20.4 Å². The number of aryl methyl sites for hydroxylation is 2. The lowest BCUT2D eigenvalue weighted by molar-refractivity contribution is -0.0735. The van der Waals surface area contributed by atoms with Gasteiger partial charge in [-0.25, -0.2) is 0 Å². The Morgan fingerprint density at radius 3 is 2.40 bits per heavy atom. The third-order valence-corrected chi connectivity index (χ3v) is 3.27. The van der Waals surface area contributed by atoms with Crippen LogP contribution in [-0.4, -0.2) is 50.5 Å². The van der Waals surface area contributed by atoms with Crippen LogP contribution in [0, 0.1) is 6.92 Å². The lowest BCUT2D eigenvalue weighted by atomic mass is 10.0. The van der Waals surface area contributed by atoms with Gasteiger partial charge in [0.15, 0.2) is 0 Å². The number of hydrogen-bond acceptors (Lipinski definition) is 5. The molecule has 0 spiro atoms. The van der Waals surface area contributed by atoms with Crippen molar-refractivity contribution in [2.24, 2.45) is 0 Å². The molecule has 112 valence electrons. The van der Waals surface area contributed by atoms with Crippen LogP contribution in [-0.2, 0) is 6.42 Å². The van der Waals surface area contributed by atoms with Crippen LogP contribution in [0.1, 0.15) is 23.6 Å². The molecule has 1 rings (SSSR count). The molecule has 0 heterocycles. The highest BCUT2D eigenvalue weighted by Crippen LogP contribution is 2.16. The molecule has 0 saturated carbocycles. The van der Waals surface area contributed by atoms with E-state index in [0.717, 1.165) is 12.0 Å². The fraction of sp³-hybridized carbons (Fsp3) is 0.467. The topological polar surface area (TPSA) is 101 Å². The van der Waals surface area contributed by atoms with Crippen LogP contribution < -0.4 is 0 Å². The smallest absolute Gasteiger partial charge is 0.139 e. The Morgan fingerprint density at radius 2 is 1.90 bits per heavy atom. The van der Waals surface area contributed by atoms with Crippen LogP contribution in [0.2, 0.25) is 0 Å². The van der Waals surface area contributed by atoms with Crippen molar-refractivity contribution in [2.45, 2.75) is 38.6 Å². The van der Waals surface area contributed by atoms with E-state index in [-0.39, 0.29) is 0 Å². The van der Waals surface area contributed by atoms with Crippen molar-refractivity contribution in [1.29, 1.82) is 0 Å². The first kappa shape index (κ1) is 16.7. The molecule has 0 fully saturated rings. The maximum absolute atomic E-state index is 9.76. The van der Waals surface area contributed by atoms with Gasteiger partial charge in [0.25, 0.3) is 0 Å². The van der Waals surface area contributed by atoms with Crippen LogP contribution in [0.4, 0.5) is 0 Å². The van der Waals surface area contributed by atoms with Gasteiger partial charge in [-0.3, -0.25) is 0 Å². The summed E-state index contributed by atoms with van der Waals surface area (Å²) in [4.78, 5) is 0. The van der Waals surface area contributed by atoms with Gasteiger partial charge in [-0.05, 0) is 36.1 Å². The number of hydrogen-bond donors (Lipinski definition) is 5. The van der Waals surface area contributed by atoms with E-state index in [0.29, 0.717) is 5.56 Å². The standard InChI is InChI=1S/C15H22O5/c1-3-11-5-4-10(6-9(11)2)7-12(17)14(19)15(20)13(18)8-16/h4-7,13-20H,3,8H2,1-2H3. The van der Waals surface area contributed by atoms with E-state index in [4.69, 9.17) is 5.11 Å². The Labute approximate surface area is 118 Å². The van der Waals surface area contributed by atoms with Gasteiger partial charge in [0, 0.05) is 0 Å². The summed E-state index contributed by atoms with van der Waals surface area (Å²) in [6.45, 7) is 3.30. The first-order valence-electron chi connectivity index (χ1n) is 6.55. The Hall–Kier alpha value is -1.40. The van der Waals surface area contributed by atoms with Crippen LogP contribution in [0.15, 0.2) is 24.0 Å². The highest BCUT2D eigenvalue weighted by atomic mass is 16.4. The van der Waals surface area contributed by atoms with Crippen LogP contribution in [0.3, 0.4) is 0 Å². The lowest BCUT2D eigenvalue weighted by Crippen LogP contribution is -2.40. The maximum Gasteiger partial charge on any atom is 0.139 e. The van der Waals surface area contributed by atoms with Crippen molar-refractivity contribution < 1.29 is 25.5 Å². The molecule has 0 saturated heterocycles. The van der Waals surface area contributed by atoms with E-state index in [1.54, 1.807) is 6.07 Å². The van der Waals surface area contributed by atoms with E-state index in [1.807, 2.05) is 26.0 Å². The number of aliphatic hydroxyl groups excluding tert-OH is 5. The van der Waals surface area contributed by atoms with Gasteiger partial charge >= 0.3 is 0 Å². The van der Waals surface area contributed by atoms with Crippen LogP contribution in [0.25, 0.3) is 6.08 Å². The molecule has 0 aliphatic rings. The average molecular weight is 282 g/mol. The summed E-state index contributed by atoms with van der Waals surface area (Å²) < 4.78 is 0. The van der Waals surface area contributed by atoms with Gasteiger partial charge in [-0.2, -0.15) is 0 Å². The van der Waals surface area contributed by atoms with E-state index in [2.05, 4.69) is 0 Å². The van der Waals surface area contributed by atoms with Crippen molar-refractivity contribution >= 4 is 6.08 Å². The molecule has 3 atom stereocenters. The molecule has 0 aliphatic heterocycles. The summed E-state index contributed by atoms with van der Waals surface area (Å²) in [7, 11) is 0. The molecule has 5 heteroatoms. The summed E-state index contributed by atoms with van der Waals surface area (Å²) >= 11 is 0. The Bertz CT molecular complexity index is 469. The van der Waals surface area contributed by atoms with Gasteiger partial charge in [0.05, 0.1) is 6.61 Å². The molecule has 0 aromatic heterocycles. The quantitative estimate of drug-likeness (QED) is 0.490. The molecule has 20 heavy (non-hydrogen) atoms. The van der Waals surface area contributed by atoms with Gasteiger partial charge < -0.3 is 25.5 Å². The monoisotopic (exact) mass is 282 g/mol. The normalized spacial score (nSPS) is 16.8. The summed E-state index contributed by atoms with van der Waals surface area (Å²) in [5.41, 5.74) is 2.94. The molecular formula is C15H22O5. The minimum Gasteiger partial charge on any atom is -0.509 e. The largest absolute Gasteiger partial charge is 0.509 e. The maximum atomic E-state index is 9.76. The molecule has 1 aromatic rings. The summed E-state index contributed by atoms with van der Waals surface area (Å²) in [5.74, 6) is -0.464. The third kappa shape index (κ3) is 4.05. The summed E-state index contributed by atoms with van der Waals surface area (Å²) in [6.07, 6.45) is -2.57. The van der Waals surface area contributed by atoms with E-state index < -0.39 is 30.7 Å². The molecule has 1 aromatic carbocycles. The van der Waals surface area contributed by atoms with Crippen molar-refractivity contribution in [2.75, 3.05) is 6.61 Å². The number of benzene rings is 1. The summed E-state index contributed by atoms with van der Waals surface area (Å²) in [5, 5.41) is 46.9. The van der Waals surface area contributed by atoms with Gasteiger partial charge in [-0.1, -0.05) is 25.1 Å². The second-order valence-corrected chi connectivity index (χ2v) is 4.79. The Morgan fingerprint density at radius 1 is 1.25 bits per heavy atom. The van der Waals surface area contributed by atoms with E-state index in [1.165, 1.54) is 11.6 Å². The average Bonchev–Trinajstić information content (AvgIpc) is 2.44. The SMILES string of the molecule is CCc1ccc(C=C(O)C(O)C(O)C(O)CO)cc1C. The first-order chi connectivity index (χ1) is 9.40. The number of rotatable bonds is 6. The number of aliphatic hydroxyl groups is 5. The minimum absolute atomic E-state index is 0.464. The molecule has 0 amide bonds. The lowest BCUT2D eigenvalue weighted by Gasteiger charge is -2.21. The van der Waals surface area contributed by atoms with Gasteiger partial charge in [-0.15, -0.1) is 0 Å². The molecule has 0 bridgehead atoms.